The molecule has 0 saturated heterocycles. The topological polar surface area (TPSA) is 106 Å². The molecule has 2 amide bonds. The molecule has 23 heavy (non-hydrogen) atoms. The number of carbonyl (C=O) groups is 2. The number of hydrogen-bond acceptors (Lipinski definition) is 5. The van der Waals surface area contributed by atoms with E-state index in [1.165, 1.54) is 6.20 Å². The van der Waals surface area contributed by atoms with Crippen LogP contribution < -0.4 is 16.4 Å². The van der Waals surface area contributed by atoms with Gasteiger partial charge in [-0.25, -0.2) is 0 Å². The van der Waals surface area contributed by atoms with E-state index in [2.05, 4.69) is 15.6 Å². The van der Waals surface area contributed by atoms with Gasteiger partial charge in [-0.15, -0.1) is 0 Å². The van der Waals surface area contributed by atoms with Gasteiger partial charge in [0.1, 0.15) is 5.54 Å². The molecule has 0 aromatic carbocycles. The van der Waals surface area contributed by atoms with Crippen LogP contribution in [0.1, 0.15) is 27.2 Å². The van der Waals surface area contributed by atoms with Crippen molar-refractivity contribution < 1.29 is 14.3 Å². The van der Waals surface area contributed by atoms with Gasteiger partial charge in [-0.2, -0.15) is 0 Å². The fourth-order valence-corrected chi connectivity index (χ4v) is 2.78. The molecule has 1 heterocycles. The summed E-state index contributed by atoms with van der Waals surface area (Å²) in [4.78, 5) is 28.1. The molecule has 1 saturated carbocycles. The summed E-state index contributed by atoms with van der Waals surface area (Å²) in [6.07, 6.45) is 3.55. The quantitative estimate of drug-likeness (QED) is 0.714. The van der Waals surface area contributed by atoms with Crippen LogP contribution >= 0.6 is 0 Å². The molecule has 7 nitrogen and oxygen atoms in total. The van der Waals surface area contributed by atoms with E-state index in [9.17, 15) is 9.59 Å². The van der Waals surface area contributed by atoms with Gasteiger partial charge in [0.05, 0.1) is 24.5 Å². The predicted octanol–water partition coefficient (Wildman–Crippen LogP) is 0.669. The normalized spacial score (nSPS) is 25.3. The molecule has 1 aromatic heterocycles. The van der Waals surface area contributed by atoms with Crippen LogP contribution in [0.2, 0.25) is 0 Å². The number of anilines is 1. The molecule has 1 aromatic rings. The van der Waals surface area contributed by atoms with E-state index in [1.807, 2.05) is 20.8 Å². The summed E-state index contributed by atoms with van der Waals surface area (Å²) in [5.74, 6) is -0.659. The van der Waals surface area contributed by atoms with Crippen LogP contribution in [-0.4, -0.2) is 41.6 Å². The summed E-state index contributed by atoms with van der Waals surface area (Å²) in [6.45, 7) is 6.18. The highest BCUT2D eigenvalue weighted by Crippen LogP contribution is 2.49. The lowest BCUT2D eigenvalue weighted by molar-refractivity contribution is -0.170. The molecule has 4 N–H and O–H groups in total. The summed E-state index contributed by atoms with van der Waals surface area (Å²) in [7, 11) is 0. The molecule has 2 unspecified atom stereocenters. The predicted molar refractivity (Wildman–Crippen MR) is 86.6 cm³/mol. The van der Waals surface area contributed by atoms with Crippen molar-refractivity contribution in [3.63, 3.8) is 0 Å². The van der Waals surface area contributed by atoms with Crippen molar-refractivity contribution in [1.82, 2.24) is 10.3 Å². The van der Waals surface area contributed by atoms with Crippen LogP contribution in [-0.2, 0) is 14.3 Å². The number of nitrogens with two attached hydrogens (primary N) is 1. The molecule has 1 fully saturated rings. The minimum Gasteiger partial charge on any atom is -0.378 e. The van der Waals surface area contributed by atoms with Gasteiger partial charge in [0.15, 0.2) is 0 Å². The van der Waals surface area contributed by atoms with Gasteiger partial charge in [0.2, 0.25) is 11.8 Å². The van der Waals surface area contributed by atoms with Gasteiger partial charge >= 0.3 is 0 Å². The van der Waals surface area contributed by atoms with Crippen LogP contribution in [0.4, 0.5) is 5.69 Å². The second kappa shape index (κ2) is 6.64. The maximum absolute atomic E-state index is 12.4. The maximum Gasteiger partial charge on any atom is 0.243 e. The Morgan fingerprint density at radius 3 is 2.78 bits per heavy atom. The van der Waals surface area contributed by atoms with Crippen LogP contribution in [0.3, 0.4) is 0 Å². The number of aromatic nitrogens is 1. The Morgan fingerprint density at radius 1 is 1.48 bits per heavy atom. The highest BCUT2D eigenvalue weighted by atomic mass is 16.5. The van der Waals surface area contributed by atoms with Crippen LogP contribution in [0.15, 0.2) is 24.5 Å². The number of rotatable bonds is 6. The molecular weight excluding hydrogens is 296 g/mol. The van der Waals surface area contributed by atoms with Crippen LogP contribution in [0.25, 0.3) is 0 Å². The van der Waals surface area contributed by atoms with Crippen molar-refractivity contribution in [2.45, 2.75) is 38.8 Å². The van der Waals surface area contributed by atoms with E-state index in [1.54, 1.807) is 18.3 Å². The number of pyridine rings is 1. The minimum atomic E-state index is -1.03. The number of ether oxygens (including phenoxy) is 1. The SMILES string of the molecule is CCOC1CC(N)(C(=O)NCC(=O)Nc2cccnc2)C1(C)C. The van der Waals surface area contributed by atoms with E-state index in [4.69, 9.17) is 10.5 Å². The first-order valence-electron chi connectivity index (χ1n) is 7.70. The Morgan fingerprint density at radius 2 is 2.22 bits per heavy atom. The lowest BCUT2D eigenvalue weighted by atomic mass is 9.54. The van der Waals surface area contributed by atoms with Gasteiger partial charge in [-0.1, -0.05) is 13.8 Å². The molecule has 0 spiro atoms. The fraction of sp³-hybridized carbons (Fsp3) is 0.562. The largest absolute Gasteiger partial charge is 0.378 e. The number of amides is 2. The van der Waals surface area contributed by atoms with Gasteiger partial charge in [-0.05, 0) is 19.1 Å². The van der Waals surface area contributed by atoms with E-state index in [0.29, 0.717) is 18.7 Å². The highest BCUT2D eigenvalue weighted by Gasteiger charge is 2.62. The van der Waals surface area contributed by atoms with E-state index in [0.717, 1.165) is 0 Å². The fourth-order valence-electron chi connectivity index (χ4n) is 2.78. The van der Waals surface area contributed by atoms with Crippen molar-refractivity contribution in [2.24, 2.45) is 11.1 Å². The van der Waals surface area contributed by atoms with Crippen molar-refractivity contribution >= 4 is 17.5 Å². The second-order valence-corrected chi connectivity index (χ2v) is 6.31. The van der Waals surface area contributed by atoms with E-state index >= 15 is 0 Å². The molecule has 1 aliphatic carbocycles. The van der Waals surface area contributed by atoms with Crippen molar-refractivity contribution in [2.75, 3.05) is 18.5 Å². The first-order valence-corrected chi connectivity index (χ1v) is 7.70. The van der Waals surface area contributed by atoms with Gasteiger partial charge in [-0.3, -0.25) is 14.6 Å². The van der Waals surface area contributed by atoms with E-state index < -0.39 is 11.0 Å². The second-order valence-electron chi connectivity index (χ2n) is 6.31. The van der Waals surface area contributed by atoms with Crippen LogP contribution in [0, 0.1) is 5.41 Å². The Hall–Kier alpha value is -1.99. The summed E-state index contributed by atoms with van der Waals surface area (Å²) < 4.78 is 5.60. The molecule has 1 aliphatic rings. The summed E-state index contributed by atoms with van der Waals surface area (Å²) >= 11 is 0. The van der Waals surface area contributed by atoms with E-state index in [-0.39, 0.29) is 24.5 Å². The molecule has 0 bridgehead atoms. The number of hydrogen-bond donors (Lipinski definition) is 3. The zero-order valence-corrected chi connectivity index (χ0v) is 13.8. The number of nitrogens with zero attached hydrogens (tertiary/aromatic N) is 1. The Labute approximate surface area is 136 Å². The van der Waals surface area contributed by atoms with Gasteiger partial charge in [0.25, 0.3) is 0 Å². The molecular formula is C16H24N4O3. The molecule has 2 rings (SSSR count). The number of nitrogens with one attached hydrogen (secondary N) is 2. The summed E-state index contributed by atoms with van der Waals surface area (Å²) in [6, 6.07) is 3.44. The van der Waals surface area contributed by atoms with Gasteiger partial charge < -0.3 is 21.1 Å². The molecule has 0 radical (unpaired) electrons. The van der Waals surface area contributed by atoms with Crippen molar-refractivity contribution in [1.29, 1.82) is 0 Å². The molecule has 2 atom stereocenters. The average Bonchev–Trinajstić information content (AvgIpc) is 2.53. The molecule has 0 aliphatic heterocycles. The zero-order chi connectivity index (χ0) is 17.1. The monoisotopic (exact) mass is 320 g/mol. The molecule has 126 valence electrons. The summed E-state index contributed by atoms with van der Waals surface area (Å²) in [5.41, 5.74) is 5.32. The number of carbonyl (C=O) groups excluding carboxylic acids is 2. The molecule has 7 heteroatoms. The average molecular weight is 320 g/mol. The highest BCUT2D eigenvalue weighted by molar-refractivity contribution is 5.96. The van der Waals surface area contributed by atoms with Crippen LogP contribution in [0.5, 0.6) is 0 Å². The third-order valence-corrected chi connectivity index (χ3v) is 4.59. The summed E-state index contributed by atoms with van der Waals surface area (Å²) in [5, 5.41) is 5.26. The first kappa shape index (κ1) is 17.4. The standard InChI is InChI=1S/C16H24N4O3/c1-4-23-12-8-16(17,15(12,2)3)14(22)19-10-13(21)20-11-6-5-7-18-9-11/h5-7,9,12H,4,8,10,17H2,1-3H3,(H,19,22)(H,20,21). The smallest absolute Gasteiger partial charge is 0.243 e. The lowest BCUT2D eigenvalue weighted by Crippen LogP contribution is -2.76. The third kappa shape index (κ3) is 3.35. The van der Waals surface area contributed by atoms with Crippen molar-refractivity contribution in [3.8, 4) is 0 Å². The maximum atomic E-state index is 12.4. The Bertz CT molecular complexity index is 576. The van der Waals surface area contributed by atoms with Crippen molar-refractivity contribution in [3.05, 3.63) is 24.5 Å². The minimum absolute atomic E-state index is 0.0486. The third-order valence-electron chi connectivity index (χ3n) is 4.59. The lowest BCUT2D eigenvalue weighted by Gasteiger charge is -2.57. The first-order chi connectivity index (χ1) is 10.8. The zero-order valence-electron chi connectivity index (χ0n) is 13.8. The Kier molecular flexibility index (Phi) is 5.01. The Balaban J connectivity index is 1.86. The van der Waals surface area contributed by atoms with Gasteiger partial charge in [0, 0.05) is 24.6 Å².